The van der Waals surface area contributed by atoms with Crippen LogP contribution in [-0.4, -0.2) is 16.0 Å². The van der Waals surface area contributed by atoms with E-state index in [0.29, 0.717) is 5.56 Å². The van der Waals surface area contributed by atoms with Crippen LogP contribution in [-0.2, 0) is 0 Å². The summed E-state index contributed by atoms with van der Waals surface area (Å²) in [7, 11) is 0. The van der Waals surface area contributed by atoms with E-state index in [9.17, 15) is 9.59 Å². The van der Waals surface area contributed by atoms with E-state index in [-0.39, 0.29) is 10.7 Å². The van der Waals surface area contributed by atoms with Crippen molar-refractivity contribution >= 4 is 23.2 Å². The van der Waals surface area contributed by atoms with Gasteiger partial charge in [0.25, 0.3) is 5.91 Å². The Morgan fingerprint density at radius 3 is 2.64 bits per heavy atom. The van der Waals surface area contributed by atoms with Gasteiger partial charge in [-0.25, -0.2) is 0 Å². The lowest BCUT2D eigenvalue weighted by molar-refractivity contribution is 0.0943. The molecule has 0 spiro atoms. The van der Waals surface area contributed by atoms with Crippen LogP contribution in [0.25, 0.3) is 0 Å². The molecule has 0 bridgehead atoms. The van der Waals surface area contributed by atoms with Crippen molar-refractivity contribution in [2.45, 2.75) is 0 Å². The molecular weight excluding hydrogens is 204 g/mol. The van der Waals surface area contributed by atoms with Crippen LogP contribution in [0.4, 0.5) is 0 Å². The van der Waals surface area contributed by atoms with Gasteiger partial charge in [-0.15, -0.1) is 0 Å². The molecule has 0 aromatic carbocycles. The second kappa shape index (κ2) is 4.38. The molecule has 0 aliphatic carbocycles. The van der Waals surface area contributed by atoms with Crippen molar-refractivity contribution in [1.29, 1.82) is 0 Å². The largest absolute Gasteiger partial charge is 0.375 e. The number of carbonyl (C=O) groups is 1. The summed E-state index contributed by atoms with van der Waals surface area (Å²) in [6.07, 6.45) is 1.29. The number of nitrogens with two attached hydrogens (primary N) is 1. The van der Waals surface area contributed by atoms with Gasteiger partial charge in [-0.2, -0.15) is 0 Å². The summed E-state index contributed by atoms with van der Waals surface area (Å²) in [5, 5.41) is -0.0391. The van der Waals surface area contributed by atoms with Crippen LogP contribution in [0, 0.1) is 0 Å². The molecule has 6 nitrogen and oxygen atoms in total. The Morgan fingerprint density at radius 2 is 2.14 bits per heavy atom. The molecule has 0 aliphatic rings. The molecule has 0 aliphatic heterocycles. The van der Waals surface area contributed by atoms with Gasteiger partial charge < -0.3 is 10.7 Å². The molecule has 0 saturated heterocycles. The fourth-order valence-corrected chi connectivity index (χ4v) is 0.793. The number of hydrazine groups is 1. The highest BCUT2D eigenvalue weighted by molar-refractivity contribution is 7.80. The Hall–Kier alpha value is -1.89. The number of nitrogens with one attached hydrogen (secondary N) is 3. The molecule has 1 aromatic rings. The highest BCUT2D eigenvalue weighted by Crippen LogP contribution is 1.90. The smallest absolute Gasteiger partial charge is 0.271 e. The molecule has 7 heteroatoms. The first-order chi connectivity index (χ1) is 6.59. The predicted octanol–water partition coefficient (Wildman–Crippen LogP) is -1.15. The second-order valence-corrected chi connectivity index (χ2v) is 2.82. The summed E-state index contributed by atoms with van der Waals surface area (Å²) in [5.41, 5.74) is 9.63. The number of pyridine rings is 1. The standard InChI is InChI=1S/C7H8N4O2S/c8-7(14)11-10-6(13)4-1-2-5(12)9-3-4/h1-3H,(H,9,12)(H,10,13)(H3,8,11,14). The predicted molar refractivity (Wildman–Crippen MR) is 54.4 cm³/mol. The van der Waals surface area contributed by atoms with Crippen LogP contribution in [0.5, 0.6) is 0 Å². The van der Waals surface area contributed by atoms with Gasteiger partial charge in [-0.1, -0.05) is 0 Å². The van der Waals surface area contributed by atoms with Crippen LogP contribution in [0.2, 0.25) is 0 Å². The van der Waals surface area contributed by atoms with Crippen molar-refractivity contribution in [2.24, 2.45) is 5.73 Å². The summed E-state index contributed by atoms with van der Waals surface area (Å²) >= 11 is 4.48. The Morgan fingerprint density at radius 1 is 1.43 bits per heavy atom. The number of amides is 1. The molecule has 14 heavy (non-hydrogen) atoms. The Bertz CT molecular complexity index is 394. The van der Waals surface area contributed by atoms with Crippen molar-refractivity contribution in [2.75, 3.05) is 0 Å². The molecule has 0 saturated carbocycles. The molecule has 1 amide bonds. The SMILES string of the molecule is NC(=S)NNC(=O)c1ccc(=O)[nH]c1. The van der Waals surface area contributed by atoms with Gasteiger partial charge in [0.2, 0.25) is 5.56 Å². The average molecular weight is 212 g/mol. The molecule has 0 unspecified atom stereocenters. The molecule has 0 atom stereocenters. The summed E-state index contributed by atoms with van der Waals surface area (Å²) in [6.45, 7) is 0. The molecule has 5 N–H and O–H groups in total. The fourth-order valence-electron chi connectivity index (χ4n) is 0.742. The van der Waals surface area contributed by atoms with Gasteiger partial charge in [0.1, 0.15) is 0 Å². The number of carbonyl (C=O) groups excluding carboxylic acids is 1. The number of aromatic amines is 1. The van der Waals surface area contributed by atoms with E-state index >= 15 is 0 Å². The van der Waals surface area contributed by atoms with Crippen LogP contribution in [0.15, 0.2) is 23.1 Å². The molecular formula is C7H8N4O2S. The first-order valence-corrected chi connectivity index (χ1v) is 4.05. The van der Waals surface area contributed by atoms with Gasteiger partial charge >= 0.3 is 0 Å². The van der Waals surface area contributed by atoms with Crippen LogP contribution >= 0.6 is 12.2 Å². The molecule has 0 radical (unpaired) electrons. The van der Waals surface area contributed by atoms with Crippen molar-refractivity contribution in [3.8, 4) is 0 Å². The van der Waals surface area contributed by atoms with Crippen LogP contribution < -0.4 is 22.1 Å². The number of rotatable bonds is 1. The van der Waals surface area contributed by atoms with E-state index in [2.05, 4.69) is 28.1 Å². The molecule has 1 aromatic heterocycles. The van der Waals surface area contributed by atoms with Gasteiger partial charge in [-0.3, -0.25) is 20.4 Å². The second-order valence-electron chi connectivity index (χ2n) is 2.38. The topological polar surface area (TPSA) is 100 Å². The van der Waals surface area contributed by atoms with Gasteiger partial charge in [0.05, 0.1) is 5.56 Å². The van der Waals surface area contributed by atoms with E-state index in [1.807, 2.05) is 0 Å². The number of hydrogen-bond donors (Lipinski definition) is 4. The molecule has 74 valence electrons. The quantitative estimate of drug-likeness (QED) is 0.348. The monoisotopic (exact) mass is 212 g/mol. The first kappa shape index (κ1) is 10.2. The summed E-state index contributed by atoms with van der Waals surface area (Å²) in [6, 6.07) is 2.63. The van der Waals surface area contributed by atoms with E-state index in [0.717, 1.165) is 0 Å². The lowest BCUT2D eigenvalue weighted by atomic mass is 10.3. The van der Waals surface area contributed by atoms with Crippen molar-refractivity contribution in [3.05, 3.63) is 34.2 Å². The van der Waals surface area contributed by atoms with E-state index < -0.39 is 5.91 Å². The van der Waals surface area contributed by atoms with E-state index in [1.54, 1.807) is 0 Å². The Balaban J connectivity index is 2.65. The summed E-state index contributed by atoms with van der Waals surface area (Å²) in [5.74, 6) is -0.436. The lowest BCUT2D eigenvalue weighted by Crippen LogP contribution is -2.44. The maximum Gasteiger partial charge on any atom is 0.271 e. The number of aromatic nitrogens is 1. The maximum atomic E-state index is 11.2. The number of H-pyrrole nitrogens is 1. The van der Waals surface area contributed by atoms with E-state index in [1.165, 1.54) is 18.3 Å². The zero-order chi connectivity index (χ0) is 10.6. The van der Waals surface area contributed by atoms with Crippen LogP contribution in [0.1, 0.15) is 10.4 Å². The minimum atomic E-state index is -0.436. The third-order valence-electron chi connectivity index (χ3n) is 1.35. The summed E-state index contributed by atoms with van der Waals surface area (Å²) in [4.78, 5) is 24.3. The van der Waals surface area contributed by atoms with Crippen molar-refractivity contribution < 1.29 is 4.79 Å². The zero-order valence-corrected chi connectivity index (χ0v) is 7.85. The molecule has 0 fully saturated rings. The Labute approximate surface area is 84.5 Å². The summed E-state index contributed by atoms with van der Waals surface area (Å²) < 4.78 is 0. The minimum absolute atomic E-state index is 0.0391. The number of hydrogen-bond acceptors (Lipinski definition) is 3. The van der Waals surface area contributed by atoms with Gasteiger partial charge in [-0.05, 0) is 18.3 Å². The van der Waals surface area contributed by atoms with Gasteiger partial charge in [0, 0.05) is 12.3 Å². The zero-order valence-electron chi connectivity index (χ0n) is 7.03. The Kier molecular flexibility index (Phi) is 3.19. The fraction of sp³-hybridized carbons (Fsp3) is 0. The van der Waals surface area contributed by atoms with Gasteiger partial charge in [0.15, 0.2) is 5.11 Å². The average Bonchev–Trinajstić information content (AvgIpc) is 2.15. The van der Waals surface area contributed by atoms with Crippen molar-refractivity contribution in [1.82, 2.24) is 15.8 Å². The number of thiocarbonyl (C=S) groups is 1. The highest BCUT2D eigenvalue weighted by atomic mass is 32.1. The third kappa shape index (κ3) is 2.87. The third-order valence-corrected chi connectivity index (χ3v) is 1.45. The normalized spacial score (nSPS) is 9.14. The van der Waals surface area contributed by atoms with Crippen molar-refractivity contribution in [3.63, 3.8) is 0 Å². The lowest BCUT2D eigenvalue weighted by Gasteiger charge is -2.05. The molecule has 1 rings (SSSR count). The van der Waals surface area contributed by atoms with E-state index in [4.69, 9.17) is 5.73 Å². The molecule has 1 heterocycles. The van der Waals surface area contributed by atoms with Crippen LogP contribution in [0.3, 0.4) is 0 Å². The highest BCUT2D eigenvalue weighted by Gasteiger charge is 2.03. The first-order valence-electron chi connectivity index (χ1n) is 3.64. The maximum absolute atomic E-state index is 11.2. The minimum Gasteiger partial charge on any atom is -0.375 e.